The number of hydrogen-bond donors (Lipinski definition) is 1. The molecule has 0 aliphatic carbocycles. The molecule has 156 valence electrons. The first-order valence-corrected chi connectivity index (χ1v) is 11.2. The summed E-state index contributed by atoms with van der Waals surface area (Å²) in [5.74, 6) is -0.117. The molecule has 0 spiro atoms. The molecule has 0 fully saturated rings. The molecule has 1 aromatic heterocycles. The highest BCUT2D eigenvalue weighted by molar-refractivity contribution is 5.86. The molecule has 0 saturated heterocycles. The summed E-state index contributed by atoms with van der Waals surface area (Å²) in [6.07, 6.45) is 18.6. The molecule has 1 N–H and O–H groups in total. The van der Waals surface area contributed by atoms with Crippen LogP contribution in [-0.2, 0) is 4.79 Å². The van der Waals surface area contributed by atoms with Gasteiger partial charge in [0.1, 0.15) is 5.75 Å². The van der Waals surface area contributed by atoms with E-state index in [9.17, 15) is 9.90 Å². The third-order valence-corrected chi connectivity index (χ3v) is 5.34. The zero-order valence-electron chi connectivity index (χ0n) is 17.5. The zero-order chi connectivity index (χ0) is 20.0. The fourth-order valence-corrected chi connectivity index (χ4v) is 3.65. The smallest absolute Gasteiger partial charge is 0.332 e. The fourth-order valence-electron chi connectivity index (χ4n) is 3.65. The maximum Gasteiger partial charge on any atom is 0.332 e. The van der Waals surface area contributed by atoms with Gasteiger partial charge in [0.25, 0.3) is 0 Å². The van der Waals surface area contributed by atoms with Crippen molar-refractivity contribution in [2.45, 2.75) is 96.8 Å². The lowest BCUT2D eigenvalue weighted by Crippen LogP contribution is -2.18. The second-order valence-corrected chi connectivity index (χ2v) is 7.81. The van der Waals surface area contributed by atoms with E-state index in [0.717, 1.165) is 12.8 Å². The van der Waals surface area contributed by atoms with Crippen molar-refractivity contribution in [1.82, 2.24) is 4.73 Å². The third kappa shape index (κ3) is 7.95. The number of rotatable bonds is 15. The van der Waals surface area contributed by atoms with Crippen LogP contribution >= 0.6 is 0 Å². The number of unbranched alkanes of at least 4 members (excludes halogenated alkanes) is 12. The van der Waals surface area contributed by atoms with Gasteiger partial charge in [-0.1, -0.05) is 96.1 Å². The van der Waals surface area contributed by atoms with Gasteiger partial charge in [-0.15, -0.1) is 0 Å². The van der Waals surface area contributed by atoms with E-state index in [1.54, 1.807) is 0 Å². The SMILES string of the molecule is CCCCCCCCCCCCCCCC(=O)On1cc(O)c2ccccc21. The highest BCUT2D eigenvalue weighted by atomic mass is 16.7. The number of carbonyl (C=O) groups excluding carboxylic acids is 1. The molecule has 4 heteroatoms. The van der Waals surface area contributed by atoms with Crippen LogP contribution in [0.4, 0.5) is 0 Å². The van der Waals surface area contributed by atoms with Crippen LogP contribution in [0.15, 0.2) is 30.5 Å². The Kier molecular flexibility index (Phi) is 10.6. The molecule has 0 saturated carbocycles. The number of fused-ring (bicyclic) bond motifs is 1. The van der Waals surface area contributed by atoms with Crippen LogP contribution in [0.1, 0.15) is 96.8 Å². The van der Waals surface area contributed by atoms with E-state index in [-0.39, 0.29) is 11.7 Å². The van der Waals surface area contributed by atoms with Crippen LogP contribution < -0.4 is 4.84 Å². The average Bonchev–Trinajstić information content (AvgIpc) is 3.01. The first-order valence-electron chi connectivity index (χ1n) is 11.2. The maximum absolute atomic E-state index is 12.0. The lowest BCUT2D eigenvalue weighted by atomic mass is 10.0. The summed E-state index contributed by atoms with van der Waals surface area (Å²) in [4.78, 5) is 17.4. The first-order chi connectivity index (χ1) is 13.7. The van der Waals surface area contributed by atoms with Gasteiger partial charge in [0.2, 0.25) is 0 Å². The largest absolute Gasteiger partial charge is 0.506 e. The van der Waals surface area contributed by atoms with Gasteiger partial charge in [-0.3, -0.25) is 0 Å². The Balaban J connectivity index is 1.47. The highest BCUT2D eigenvalue weighted by Gasteiger charge is 2.11. The van der Waals surface area contributed by atoms with E-state index in [4.69, 9.17) is 4.84 Å². The van der Waals surface area contributed by atoms with Gasteiger partial charge in [0.15, 0.2) is 0 Å². The van der Waals surface area contributed by atoms with E-state index in [2.05, 4.69) is 6.92 Å². The van der Waals surface area contributed by atoms with Gasteiger partial charge in [0, 0.05) is 11.8 Å². The number of carbonyl (C=O) groups is 1. The minimum Gasteiger partial charge on any atom is -0.506 e. The molecule has 0 aliphatic heterocycles. The molecule has 0 radical (unpaired) electrons. The average molecular weight is 388 g/mol. The molecule has 28 heavy (non-hydrogen) atoms. The van der Waals surface area contributed by atoms with Crippen molar-refractivity contribution in [1.29, 1.82) is 0 Å². The lowest BCUT2D eigenvalue weighted by molar-refractivity contribution is -0.143. The Morgan fingerprint density at radius 2 is 1.39 bits per heavy atom. The number of aromatic hydroxyl groups is 1. The fraction of sp³-hybridized carbons (Fsp3) is 0.625. The van der Waals surface area contributed by atoms with E-state index >= 15 is 0 Å². The van der Waals surface area contributed by atoms with E-state index in [0.29, 0.717) is 17.3 Å². The quantitative estimate of drug-likeness (QED) is 0.343. The summed E-state index contributed by atoms with van der Waals surface area (Å²) in [5.41, 5.74) is 0.707. The van der Waals surface area contributed by atoms with Crippen LogP contribution in [-0.4, -0.2) is 15.8 Å². The summed E-state index contributed by atoms with van der Waals surface area (Å²) >= 11 is 0. The molecule has 0 amide bonds. The van der Waals surface area contributed by atoms with Gasteiger partial charge < -0.3 is 9.94 Å². The molecule has 0 unspecified atom stereocenters. The molecular formula is C24H37NO3. The Morgan fingerprint density at radius 3 is 2.00 bits per heavy atom. The van der Waals surface area contributed by atoms with Crippen molar-refractivity contribution in [3.63, 3.8) is 0 Å². The molecule has 1 aromatic carbocycles. The normalized spacial score (nSPS) is 11.2. The predicted octanol–water partition coefficient (Wildman–Crippen LogP) is 6.78. The molecule has 0 aliphatic rings. The third-order valence-electron chi connectivity index (χ3n) is 5.34. The molecule has 2 aromatic rings. The van der Waals surface area contributed by atoms with Gasteiger partial charge in [-0.05, 0) is 18.6 Å². The maximum atomic E-state index is 12.0. The van der Waals surface area contributed by atoms with Crippen molar-refractivity contribution in [2.75, 3.05) is 0 Å². The lowest BCUT2D eigenvalue weighted by Gasteiger charge is -2.06. The number of benzene rings is 1. The Hall–Kier alpha value is -1.97. The minimum absolute atomic E-state index is 0.129. The van der Waals surface area contributed by atoms with Gasteiger partial charge in [-0.2, -0.15) is 4.73 Å². The van der Waals surface area contributed by atoms with E-state index < -0.39 is 0 Å². The second kappa shape index (κ2) is 13.2. The van der Waals surface area contributed by atoms with Crippen LogP contribution in [0.5, 0.6) is 5.75 Å². The van der Waals surface area contributed by atoms with Gasteiger partial charge in [-0.25, -0.2) is 4.79 Å². The number of hydrogen-bond acceptors (Lipinski definition) is 3. The number of para-hydroxylation sites is 1. The van der Waals surface area contributed by atoms with Crippen molar-refractivity contribution in [3.8, 4) is 5.75 Å². The molecule has 1 heterocycles. The van der Waals surface area contributed by atoms with Crippen molar-refractivity contribution in [3.05, 3.63) is 30.5 Å². The topological polar surface area (TPSA) is 51.5 Å². The molecule has 4 nitrogen and oxygen atoms in total. The molecule has 0 atom stereocenters. The summed E-state index contributed by atoms with van der Waals surface area (Å²) in [6, 6.07) is 7.34. The summed E-state index contributed by atoms with van der Waals surface area (Å²) in [7, 11) is 0. The van der Waals surface area contributed by atoms with E-state index in [1.165, 1.54) is 81.6 Å². The Labute approximate surface area is 169 Å². The van der Waals surface area contributed by atoms with E-state index in [1.807, 2.05) is 24.3 Å². The highest BCUT2D eigenvalue weighted by Crippen LogP contribution is 2.25. The Morgan fingerprint density at radius 1 is 0.857 bits per heavy atom. The summed E-state index contributed by atoms with van der Waals surface area (Å²) in [6.45, 7) is 2.26. The number of aromatic nitrogens is 1. The van der Waals surface area contributed by atoms with Crippen LogP contribution in [0.3, 0.4) is 0 Å². The zero-order valence-corrected chi connectivity index (χ0v) is 17.5. The summed E-state index contributed by atoms with van der Waals surface area (Å²) in [5, 5.41) is 10.6. The first kappa shape index (κ1) is 22.3. The molecule has 2 rings (SSSR count). The van der Waals surface area contributed by atoms with Crippen LogP contribution in [0, 0.1) is 0 Å². The van der Waals surface area contributed by atoms with Crippen molar-refractivity contribution in [2.24, 2.45) is 0 Å². The van der Waals surface area contributed by atoms with Crippen molar-refractivity contribution < 1.29 is 14.7 Å². The monoisotopic (exact) mass is 387 g/mol. The van der Waals surface area contributed by atoms with Crippen LogP contribution in [0.25, 0.3) is 10.9 Å². The standard InChI is InChI=1S/C24H37NO3/c1-2-3-4-5-6-7-8-9-10-11-12-13-14-19-24(27)28-25-20-23(26)21-17-15-16-18-22(21)25/h15-18,20,26H,2-14,19H2,1H3. The molecule has 0 bridgehead atoms. The Bertz CT molecular complexity index is 692. The second-order valence-electron chi connectivity index (χ2n) is 7.81. The predicted molar refractivity (Wildman–Crippen MR) is 116 cm³/mol. The van der Waals surface area contributed by atoms with Crippen LogP contribution in [0.2, 0.25) is 0 Å². The van der Waals surface area contributed by atoms with Crippen molar-refractivity contribution >= 4 is 16.9 Å². The van der Waals surface area contributed by atoms with Gasteiger partial charge in [0.05, 0.1) is 11.7 Å². The number of nitrogens with zero attached hydrogens (tertiary/aromatic N) is 1. The molecular weight excluding hydrogens is 350 g/mol. The summed E-state index contributed by atoms with van der Waals surface area (Å²) < 4.78 is 1.37. The van der Waals surface area contributed by atoms with Gasteiger partial charge >= 0.3 is 5.97 Å². The minimum atomic E-state index is -0.246.